The zero-order valence-corrected chi connectivity index (χ0v) is 18.0. The lowest BCUT2D eigenvalue weighted by atomic mass is 10.1. The van der Waals surface area contributed by atoms with Crippen LogP contribution < -0.4 is 15.0 Å². The van der Waals surface area contributed by atoms with E-state index in [-0.39, 0.29) is 24.0 Å². The maximum Gasteiger partial charge on any atom is 0.262 e. The molecule has 0 aliphatic carbocycles. The Morgan fingerprint density at radius 3 is 2.87 bits per heavy atom. The van der Waals surface area contributed by atoms with Gasteiger partial charge < -0.3 is 14.0 Å². The molecule has 0 N–H and O–H groups in total. The summed E-state index contributed by atoms with van der Waals surface area (Å²) in [6.07, 6.45) is 1.29. The van der Waals surface area contributed by atoms with Crippen molar-refractivity contribution in [1.82, 2.24) is 14.1 Å². The molecule has 8 heteroatoms. The standard InChI is InChI=1S/C23H21N3O4S/c1-14-9-18(19(27)11-25-13-24-22-17(23(25)28)7-8-31-22)15(2)26(14)10-16-12-29-20-5-3-4-6-21(20)30-16/h3-9,13,16H,10-12H2,1-2H3/t16-/m0/s1. The average Bonchev–Trinajstić information content (AvgIpc) is 3.36. The fourth-order valence-electron chi connectivity index (χ4n) is 3.97. The highest BCUT2D eigenvalue weighted by atomic mass is 32.1. The highest BCUT2D eigenvalue weighted by Gasteiger charge is 2.24. The number of benzene rings is 1. The second-order valence-electron chi connectivity index (χ2n) is 7.63. The highest BCUT2D eigenvalue weighted by molar-refractivity contribution is 7.16. The van der Waals surface area contributed by atoms with Crippen LogP contribution in [0.1, 0.15) is 21.7 Å². The van der Waals surface area contributed by atoms with Gasteiger partial charge in [0.15, 0.2) is 23.4 Å². The number of nitrogens with zero attached hydrogens (tertiary/aromatic N) is 3. The van der Waals surface area contributed by atoms with E-state index in [2.05, 4.69) is 9.55 Å². The van der Waals surface area contributed by atoms with Gasteiger partial charge in [-0.2, -0.15) is 0 Å². The first-order valence-corrected chi connectivity index (χ1v) is 10.9. The molecule has 1 aliphatic heterocycles. The third-order valence-electron chi connectivity index (χ3n) is 5.59. The third kappa shape index (κ3) is 3.53. The number of Topliss-reactive ketones (excluding diaryl/α,β-unsaturated/α-hetero) is 1. The molecule has 1 aromatic carbocycles. The van der Waals surface area contributed by atoms with E-state index in [1.807, 2.05) is 49.6 Å². The molecule has 0 radical (unpaired) electrons. The van der Waals surface area contributed by atoms with E-state index in [1.54, 1.807) is 6.07 Å². The first-order valence-electron chi connectivity index (χ1n) is 10.0. The first kappa shape index (κ1) is 19.6. The van der Waals surface area contributed by atoms with Gasteiger partial charge in [-0.1, -0.05) is 12.1 Å². The number of hydrogen-bond acceptors (Lipinski definition) is 6. The molecule has 0 saturated heterocycles. The van der Waals surface area contributed by atoms with Gasteiger partial charge in [0.05, 0.1) is 24.8 Å². The van der Waals surface area contributed by atoms with Crippen LogP contribution in [0.5, 0.6) is 11.5 Å². The maximum atomic E-state index is 13.0. The molecule has 1 aliphatic rings. The zero-order valence-electron chi connectivity index (χ0n) is 17.2. The van der Waals surface area contributed by atoms with Crippen molar-refractivity contribution in [2.75, 3.05) is 6.61 Å². The predicted molar refractivity (Wildman–Crippen MR) is 118 cm³/mol. The Morgan fingerprint density at radius 1 is 1.23 bits per heavy atom. The lowest BCUT2D eigenvalue weighted by Crippen LogP contribution is -2.33. The van der Waals surface area contributed by atoms with Crippen LogP contribution in [0.25, 0.3) is 10.2 Å². The van der Waals surface area contributed by atoms with Crippen LogP contribution in [0.15, 0.2) is 52.9 Å². The minimum atomic E-state index is -0.195. The Hall–Kier alpha value is -3.39. The van der Waals surface area contributed by atoms with Crippen LogP contribution in [0, 0.1) is 13.8 Å². The number of rotatable bonds is 5. The summed E-state index contributed by atoms with van der Waals surface area (Å²) in [5, 5.41) is 2.37. The Kier molecular flexibility index (Phi) is 4.86. The van der Waals surface area contributed by atoms with E-state index >= 15 is 0 Å². The summed E-state index contributed by atoms with van der Waals surface area (Å²) in [6, 6.07) is 11.2. The van der Waals surface area contributed by atoms with E-state index in [1.165, 1.54) is 22.2 Å². The van der Waals surface area contributed by atoms with Crippen LogP contribution in [0.4, 0.5) is 0 Å². The highest BCUT2D eigenvalue weighted by Crippen LogP contribution is 2.31. The van der Waals surface area contributed by atoms with Crippen LogP contribution in [0.2, 0.25) is 0 Å². The van der Waals surface area contributed by atoms with Crippen molar-refractivity contribution in [3.05, 3.63) is 75.4 Å². The van der Waals surface area contributed by atoms with Crippen LogP contribution in [-0.2, 0) is 13.1 Å². The Balaban J connectivity index is 1.36. The number of carbonyl (C=O) groups is 1. The van der Waals surface area contributed by atoms with Gasteiger partial charge in [0.2, 0.25) is 0 Å². The normalized spacial score (nSPS) is 15.4. The van der Waals surface area contributed by atoms with Crippen LogP contribution in [0.3, 0.4) is 0 Å². The molecule has 0 bridgehead atoms. The molecule has 0 unspecified atom stereocenters. The molecule has 0 fully saturated rings. The fraction of sp³-hybridized carbons (Fsp3) is 0.261. The molecule has 3 aromatic heterocycles. The van der Waals surface area contributed by atoms with Crippen molar-refractivity contribution in [1.29, 1.82) is 0 Å². The van der Waals surface area contributed by atoms with Gasteiger partial charge in [-0.3, -0.25) is 14.2 Å². The average molecular weight is 436 g/mol. The lowest BCUT2D eigenvalue weighted by molar-refractivity contribution is 0.0777. The SMILES string of the molecule is Cc1cc(C(=O)Cn2cnc3sccc3c2=O)c(C)n1C[C@H]1COc2ccccc2O1. The van der Waals surface area contributed by atoms with Crippen molar-refractivity contribution in [3.8, 4) is 11.5 Å². The number of carbonyl (C=O) groups excluding carboxylic acids is 1. The number of aromatic nitrogens is 3. The lowest BCUT2D eigenvalue weighted by Gasteiger charge is -2.27. The maximum absolute atomic E-state index is 13.0. The van der Waals surface area contributed by atoms with E-state index in [0.29, 0.717) is 28.9 Å². The Bertz CT molecular complexity index is 1350. The number of aryl methyl sites for hydroxylation is 1. The number of ether oxygens (including phenoxy) is 2. The molecule has 0 amide bonds. The minimum absolute atomic E-state index is 0.0433. The summed E-state index contributed by atoms with van der Waals surface area (Å²) < 4.78 is 15.3. The molecule has 1 atom stereocenters. The van der Waals surface area contributed by atoms with E-state index < -0.39 is 0 Å². The summed E-state index contributed by atoms with van der Waals surface area (Å²) in [5.41, 5.74) is 2.22. The molecule has 4 aromatic rings. The zero-order chi connectivity index (χ0) is 21.5. The molecule has 0 saturated carbocycles. The summed E-state index contributed by atoms with van der Waals surface area (Å²) in [4.78, 5) is 30.6. The molecular weight excluding hydrogens is 414 g/mol. The number of fused-ring (bicyclic) bond motifs is 2. The summed E-state index contributed by atoms with van der Waals surface area (Å²) >= 11 is 1.41. The molecular formula is C23H21N3O4S. The number of ketones is 1. The van der Waals surface area contributed by atoms with Crippen molar-refractivity contribution in [2.24, 2.45) is 0 Å². The van der Waals surface area contributed by atoms with Crippen LogP contribution in [-0.4, -0.2) is 32.6 Å². The monoisotopic (exact) mass is 435 g/mol. The number of thiophene rings is 1. The first-order chi connectivity index (χ1) is 15.0. The summed E-state index contributed by atoms with van der Waals surface area (Å²) in [7, 11) is 0. The topological polar surface area (TPSA) is 75.4 Å². The largest absolute Gasteiger partial charge is 0.486 e. The number of para-hydroxylation sites is 2. The van der Waals surface area contributed by atoms with E-state index in [4.69, 9.17) is 9.47 Å². The molecule has 5 rings (SSSR count). The van der Waals surface area contributed by atoms with Crippen molar-refractivity contribution in [2.45, 2.75) is 33.0 Å². The van der Waals surface area contributed by atoms with Crippen molar-refractivity contribution < 1.29 is 14.3 Å². The molecule has 0 spiro atoms. The molecule has 4 heterocycles. The Labute approximate surface area is 182 Å². The van der Waals surface area contributed by atoms with Gasteiger partial charge in [-0.15, -0.1) is 11.3 Å². The van der Waals surface area contributed by atoms with Gasteiger partial charge in [0, 0.05) is 17.0 Å². The van der Waals surface area contributed by atoms with Crippen molar-refractivity contribution in [3.63, 3.8) is 0 Å². The van der Waals surface area contributed by atoms with Gasteiger partial charge in [0.25, 0.3) is 5.56 Å². The second kappa shape index (κ2) is 7.70. The smallest absolute Gasteiger partial charge is 0.262 e. The molecule has 158 valence electrons. The van der Waals surface area contributed by atoms with Crippen molar-refractivity contribution >= 4 is 27.3 Å². The quantitative estimate of drug-likeness (QED) is 0.448. The van der Waals surface area contributed by atoms with Gasteiger partial charge in [-0.05, 0) is 43.5 Å². The fourth-order valence-corrected chi connectivity index (χ4v) is 4.69. The predicted octanol–water partition coefficient (Wildman–Crippen LogP) is 3.60. The van der Waals surface area contributed by atoms with E-state index in [0.717, 1.165) is 22.9 Å². The summed E-state index contributed by atoms with van der Waals surface area (Å²) in [5.74, 6) is 1.36. The van der Waals surface area contributed by atoms with Gasteiger partial charge in [0.1, 0.15) is 11.4 Å². The van der Waals surface area contributed by atoms with Gasteiger partial charge in [-0.25, -0.2) is 4.98 Å². The second-order valence-corrected chi connectivity index (χ2v) is 8.53. The van der Waals surface area contributed by atoms with Crippen LogP contribution >= 0.6 is 11.3 Å². The number of hydrogen-bond donors (Lipinski definition) is 0. The third-order valence-corrected chi connectivity index (χ3v) is 6.41. The van der Waals surface area contributed by atoms with Gasteiger partial charge >= 0.3 is 0 Å². The molecule has 31 heavy (non-hydrogen) atoms. The molecule has 7 nitrogen and oxygen atoms in total. The minimum Gasteiger partial charge on any atom is -0.486 e. The van der Waals surface area contributed by atoms with E-state index in [9.17, 15) is 9.59 Å². The summed E-state index contributed by atoms with van der Waals surface area (Å²) in [6.45, 7) is 4.85. The Morgan fingerprint density at radius 2 is 2.03 bits per heavy atom.